The minimum atomic E-state index is -0.423. The van der Waals surface area contributed by atoms with Gasteiger partial charge in [0.05, 0.1) is 4.92 Å². The van der Waals surface area contributed by atoms with Crippen molar-refractivity contribution < 1.29 is 4.92 Å². The Balaban J connectivity index is 2.27. The van der Waals surface area contributed by atoms with E-state index < -0.39 is 4.92 Å². The molecule has 0 unspecified atom stereocenters. The zero-order valence-electron chi connectivity index (χ0n) is 11.2. The number of rotatable bonds is 4. The Morgan fingerprint density at radius 2 is 2.05 bits per heavy atom. The first-order chi connectivity index (χ1) is 9.17. The highest BCUT2D eigenvalue weighted by Crippen LogP contribution is 2.31. The molecule has 1 aromatic rings. The van der Waals surface area contributed by atoms with Gasteiger partial charge in [0, 0.05) is 33.2 Å². The lowest BCUT2D eigenvalue weighted by Crippen LogP contribution is -2.46. The number of nitrogens with one attached hydrogen (secondary N) is 1. The Morgan fingerprint density at radius 1 is 1.37 bits per heavy atom. The van der Waals surface area contributed by atoms with Crippen molar-refractivity contribution in [2.24, 2.45) is 0 Å². The van der Waals surface area contributed by atoms with Gasteiger partial charge in [0.1, 0.15) is 6.33 Å². The predicted molar refractivity (Wildman–Crippen MR) is 72.6 cm³/mol. The molecule has 104 valence electrons. The zero-order chi connectivity index (χ0) is 13.8. The lowest BCUT2D eigenvalue weighted by molar-refractivity contribution is -0.383. The highest BCUT2D eigenvalue weighted by atomic mass is 16.6. The van der Waals surface area contributed by atoms with E-state index in [0.29, 0.717) is 5.82 Å². The van der Waals surface area contributed by atoms with E-state index in [2.05, 4.69) is 27.1 Å². The summed E-state index contributed by atoms with van der Waals surface area (Å²) in [6.07, 6.45) is 1.36. The molecule has 0 aromatic carbocycles. The lowest BCUT2D eigenvalue weighted by Gasteiger charge is -2.34. The molecule has 0 radical (unpaired) electrons. The third kappa shape index (κ3) is 2.73. The Morgan fingerprint density at radius 3 is 2.58 bits per heavy atom. The first kappa shape index (κ1) is 13.5. The van der Waals surface area contributed by atoms with Gasteiger partial charge in [-0.05, 0) is 6.54 Å². The lowest BCUT2D eigenvalue weighted by atomic mass is 10.3. The van der Waals surface area contributed by atoms with Crippen molar-refractivity contribution in [2.45, 2.75) is 6.92 Å². The van der Waals surface area contributed by atoms with Crippen molar-refractivity contribution >= 4 is 17.3 Å². The van der Waals surface area contributed by atoms with Crippen molar-refractivity contribution in [3.05, 3.63) is 16.4 Å². The summed E-state index contributed by atoms with van der Waals surface area (Å²) in [6, 6.07) is 0. The van der Waals surface area contributed by atoms with Crippen LogP contribution < -0.4 is 10.2 Å². The Bertz CT molecular complexity index is 458. The van der Waals surface area contributed by atoms with Crippen LogP contribution in [-0.4, -0.2) is 59.6 Å². The Kier molecular flexibility index (Phi) is 4.10. The van der Waals surface area contributed by atoms with Crippen LogP contribution in [0.2, 0.25) is 0 Å². The SMILES string of the molecule is CCN1CCN(c2ncnc(NC)c2[N+](=O)[O-])CC1. The van der Waals surface area contributed by atoms with Crippen LogP contribution in [0.1, 0.15) is 6.92 Å². The summed E-state index contributed by atoms with van der Waals surface area (Å²) in [4.78, 5) is 23.1. The van der Waals surface area contributed by atoms with Crippen LogP contribution in [-0.2, 0) is 0 Å². The molecule has 8 nitrogen and oxygen atoms in total. The highest BCUT2D eigenvalue weighted by molar-refractivity contribution is 5.70. The van der Waals surface area contributed by atoms with Gasteiger partial charge in [0.15, 0.2) is 0 Å². The van der Waals surface area contributed by atoms with Crippen LogP contribution in [0.3, 0.4) is 0 Å². The molecule has 0 bridgehead atoms. The fourth-order valence-corrected chi connectivity index (χ4v) is 2.23. The van der Waals surface area contributed by atoms with Crippen molar-refractivity contribution in [3.63, 3.8) is 0 Å². The van der Waals surface area contributed by atoms with Crippen LogP contribution in [0.25, 0.3) is 0 Å². The molecule has 2 rings (SSSR count). The second kappa shape index (κ2) is 5.79. The number of nitro groups is 1. The van der Waals surface area contributed by atoms with Gasteiger partial charge in [0.2, 0.25) is 11.6 Å². The minimum absolute atomic E-state index is 0.0463. The molecular formula is C11H18N6O2. The molecule has 8 heteroatoms. The number of hydrogen-bond acceptors (Lipinski definition) is 7. The van der Waals surface area contributed by atoms with Gasteiger partial charge < -0.3 is 15.1 Å². The molecule has 1 saturated heterocycles. The Labute approximate surface area is 111 Å². The first-order valence-electron chi connectivity index (χ1n) is 6.31. The molecule has 1 N–H and O–H groups in total. The van der Waals surface area contributed by atoms with Crippen molar-refractivity contribution in [2.75, 3.05) is 50.0 Å². The molecule has 1 aliphatic rings. The van der Waals surface area contributed by atoms with Crippen LogP contribution in [0.5, 0.6) is 0 Å². The molecular weight excluding hydrogens is 248 g/mol. The van der Waals surface area contributed by atoms with Gasteiger partial charge >= 0.3 is 5.69 Å². The van der Waals surface area contributed by atoms with Gasteiger partial charge in [-0.25, -0.2) is 9.97 Å². The van der Waals surface area contributed by atoms with E-state index in [9.17, 15) is 10.1 Å². The number of anilines is 2. The molecule has 1 fully saturated rings. The first-order valence-corrected chi connectivity index (χ1v) is 6.31. The third-order valence-corrected chi connectivity index (χ3v) is 3.34. The zero-order valence-corrected chi connectivity index (χ0v) is 11.2. The molecule has 1 aliphatic heterocycles. The van der Waals surface area contributed by atoms with Gasteiger partial charge in [-0.3, -0.25) is 10.1 Å². The monoisotopic (exact) mass is 266 g/mol. The van der Waals surface area contributed by atoms with E-state index in [1.807, 2.05) is 4.90 Å². The second-order valence-electron chi connectivity index (χ2n) is 4.32. The van der Waals surface area contributed by atoms with E-state index in [4.69, 9.17) is 0 Å². The van der Waals surface area contributed by atoms with Gasteiger partial charge in [-0.2, -0.15) is 0 Å². The highest BCUT2D eigenvalue weighted by Gasteiger charge is 2.28. The van der Waals surface area contributed by atoms with Gasteiger partial charge in [-0.15, -0.1) is 0 Å². The fraction of sp³-hybridized carbons (Fsp3) is 0.636. The number of piperazine rings is 1. The fourth-order valence-electron chi connectivity index (χ4n) is 2.23. The van der Waals surface area contributed by atoms with Crippen LogP contribution in [0.4, 0.5) is 17.3 Å². The third-order valence-electron chi connectivity index (χ3n) is 3.34. The average Bonchev–Trinajstić information content (AvgIpc) is 2.46. The number of likely N-dealkylation sites (N-methyl/N-ethyl adjacent to an activating group) is 1. The quantitative estimate of drug-likeness (QED) is 0.629. The average molecular weight is 266 g/mol. The summed E-state index contributed by atoms with van der Waals surface area (Å²) >= 11 is 0. The molecule has 0 saturated carbocycles. The minimum Gasteiger partial charge on any atom is -0.367 e. The molecule has 2 heterocycles. The summed E-state index contributed by atoms with van der Waals surface area (Å²) in [7, 11) is 1.62. The summed E-state index contributed by atoms with van der Waals surface area (Å²) in [6.45, 7) is 6.40. The van der Waals surface area contributed by atoms with Crippen molar-refractivity contribution in [3.8, 4) is 0 Å². The van der Waals surface area contributed by atoms with E-state index in [-0.39, 0.29) is 11.5 Å². The summed E-state index contributed by atoms with van der Waals surface area (Å²) in [5, 5.41) is 14.0. The second-order valence-corrected chi connectivity index (χ2v) is 4.32. The van der Waals surface area contributed by atoms with Crippen LogP contribution >= 0.6 is 0 Å². The largest absolute Gasteiger partial charge is 0.367 e. The predicted octanol–water partition coefficient (Wildman–Crippen LogP) is 0.568. The smallest absolute Gasteiger partial charge is 0.353 e. The maximum absolute atomic E-state index is 11.2. The number of aromatic nitrogens is 2. The maximum atomic E-state index is 11.2. The maximum Gasteiger partial charge on any atom is 0.353 e. The summed E-state index contributed by atoms with van der Waals surface area (Å²) in [5.74, 6) is 0.660. The van der Waals surface area contributed by atoms with E-state index in [1.165, 1.54) is 6.33 Å². The standard InChI is InChI=1S/C11H18N6O2/c1-3-15-4-6-16(7-5-15)11-9(17(18)19)10(12-2)13-8-14-11/h8H,3-7H2,1-2H3,(H,12,13,14). The Hall–Kier alpha value is -1.96. The summed E-state index contributed by atoms with van der Waals surface area (Å²) < 4.78 is 0. The normalized spacial score (nSPS) is 16.4. The molecule has 0 atom stereocenters. The van der Waals surface area contributed by atoms with E-state index >= 15 is 0 Å². The molecule has 19 heavy (non-hydrogen) atoms. The van der Waals surface area contributed by atoms with E-state index in [1.54, 1.807) is 7.05 Å². The molecule has 0 aliphatic carbocycles. The summed E-state index contributed by atoms with van der Waals surface area (Å²) in [5.41, 5.74) is -0.0463. The van der Waals surface area contributed by atoms with Gasteiger partial charge in [-0.1, -0.05) is 6.92 Å². The van der Waals surface area contributed by atoms with E-state index in [0.717, 1.165) is 32.7 Å². The van der Waals surface area contributed by atoms with Crippen LogP contribution in [0.15, 0.2) is 6.33 Å². The van der Waals surface area contributed by atoms with Gasteiger partial charge in [0.25, 0.3) is 0 Å². The van der Waals surface area contributed by atoms with Crippen molar-refractivity contribution in [1.82, 2.24) is 14.9 Å². The topological polar surface area (TPSA) is 87.4 Å². The van der Waals surface area contributed by atoms with Crippen LogP contribution in [0, 0.1) is 10.1 Å². The number of hydrogen-bond donors (Lipinski definition) is 1. The molecule has 1 aromatic heterocycles. The number of nitrogens with zero attached hydrogens (tertiary/aromatic N) is 5. The molecule has 0 amide bonds. The van der Waals surface area contributed by atoms with Crippen molar-refractivity contribution in [1.29, 1.82) is 0 Å². The molecule has 0 spiro atoms.